The zero-order chi connectivity index (χ0) is 20.4. The number of amides is 1. The number of alkyl carbamates (subject to hydrolysis) is 1. The summed E-state index contributed by atoms with van der Waals surface area (Å²) in [5.41, 5.74) is 2.77. The average Bonchev–Trinajstić information content (AvgIpc) is 2.80. The maximum absolute atomic E-state index is 11.7. The molecule has 3 N–H and O–H groups in total. The van der Waals surface area contributed by atoms with Crippen LogP contribution in [0.5, 0.6) is 0 Å². The van der Waals surface area contributed by atoms with Gasteiger partial charge in [-0.25, -0.2) is 4.79 Å². The van der Waals surface area contributed by atoms with E-state index in [9.17, 15) is 4.79 Å². The van der Waals surface area contributed by atoms with Gasteiger partial charge < -0.3 is 15.2 Å². The van der Waals surface area contributed by atoms with Gasteiger partial charge in [-0.15, -0.1) is 0 Å². The zero-order valence-corrected chi connectivity index (χ0v) is 16.3. The summed E-state index contributed by atoms with van der Waals surface area (Å²) in [7, 11) is 0. The third-order valence-electron chi connectivity index (χ3n) is 4.73. The van der Waals surface area contributed by atoms with E-state index in [-0.39, 0.29) is 13.2 Å². The Morgan fingerprint density at radius 3 is 1.62 bits per heavy atom. The van der Waals surface area contributed by atoms with Gasteiger partial charge in [0.25, 0.3) is 0 Å². The molecule has 3 aromatic carbocycles. The van der Waals surface area contributed by atoms with E-state index >= 15 is 0 Å². The molecule has 0 bridgehead atoms. The van der Waals surface area contributed by atoms with Crippen LogP contribution in [0.2, 0.25) is 0 Å². The van der Waals surface area contributed by atoms with E-state index in [0.717, 1.165) is 16.7 Å². The molecule has 5 heteroatoms. The van der Waals surface area contributed by atoms with Crippen molar-refractivity contribution < 1.29 is 14.6 Å². The monoisotopic (exact) mass is 390 g/mol. The third-order valence-corrected chi connectivity index (χ3v) is 4.73. The lowest BCUT2D eigenvalue weighted by Crippen LogP contribution is -2.47. The van der Waals surface area contributed by atoms with Gasteiger partial charge in [0, 0.05) is 13.1 Å². The largest absolute Gasteiger partial charge is 0.447 e. The Balaban J connectivity index is 1.92. The molecule has 3 aromatic rings. The summed E-state index contributed by atoms with van der Waals surface area (Å²) >= 11 is 0. The van der Waals surface area contributed by atoms with Gasteiger partial charge in [0.15, 0.2) is 0 Å². The van der Waals surface area contributed by atoms with Crippen LogP contribution in [0.4, 0.5) is 4.79 Å². The molecule has 1 amide bonds. The molecular formula is C24H26N2O3. The van der Waals surface area contributed by atoms with Crippen LogP contribution in [-0.2, 0) is 10.3 Å². The molecule has 0 heterocycles. The molecule has 3 rings (SSSR count). The van der Waals surface area contributed by atoms with Gasteiger partial charge in [0.05, 0.1) is 12.1 Å². The first-order valence-electron chi connectivity index (χ1n) is 9.70. The molecule has 0 aliphatic rings. The van der Waals surface area contributed by atoms with Crippen LogP contribution in [-0.4, -0.2) is 37.5 Å². The Bertz CT molecular complexity index is 774. The maximum Gasteiger partial charge on any atom is 0.407 e. The molecule has 0 radical (unpaired) electrons. The van der Waals surface area contributed by atoms with Gasteiger partial charge in [0.1, 0.15) is 6.61 Å². The summed E-state index contributed by atoms with van der Waals surface area (Å²) < 4.78 is 4.85. The van der Waals surface area contributed by atoms with Crippen LogP contribution in [0.25, 0.3) is 0 Å². The number of ether oxygens (including phenoxy) is 1. The summed E-state index contributed by atoms with van der Waals surface area (Å²) in [6.45, 7) is 0.706. The molecule has 0 saturated carbocycles. The molecule has 0 atom stereocenters. The topological polar surface area (TPSA) is 70.6 Å². The number of benzene rings is 3. The Labute approximate surface area is 171 Å². The highest BCUT2D eigenvalue weighted by Gasteiger charge is 2.35. The molecular weight excluding hydrogens is 364 g/mol. The minimum Gasteiger partial charge on any atom is -0.447 e. The highest BCUT2D eigenvalue weighted by Crippen LogP contribution is 2.36. The second-order valence-electron chi connectivity index (χ2n) is 6.56. The number of aliphatic hydroxyl groups excluding tert-OH is 1. The molecule has 0 aromatic heterocycles. The minimum absolute atomic E-state index is 0.0127. The summed E-state index contributed by atoms with van der Waals surface area (Å²) in [6.07, 6.45) is -0.536. The van der Waals surface area contributed by atoms with Crippen molar-refractivity contribution in [2.24, 2.45) is 0 Å². The third kappa shape index (κ3) is 5.02. The second kappa shape index (κ2) is 10.4. The Kier molecular flexibility index (Phi) is 7.39. The van der Waals surface area contributed by atoms with Crippen molar-refractivity contribution in [2.45, 2.75) is 5.54 Å². The van der Waals surface area contributed by atoms with Crippen molar-refractivity contribution in [3.8, 4) is 0 Å². The number of nitrogens with one attached hydrogen (secondary N) is 2. The van der Waals surface area contributed by atoms with Gasteiger partial charge >= 0.3 is 6.09 Å². The lowest BCUT2D eigenvalue weighted by Gasteiger charge is -2.37. The van der Waals surface area contributed by atoms with Crippen LogP contribution in [0.3, 0.4) is 0 Å². The SMILES string of the molecule is O=C(NCCNC(c1ccccc1)(c1ccccc1)c1ccccc1)OCCO. The fraction of sp³-hybridized carbons (Fsp3) is 0.208. The van der Waals surface area contributed by atoms with Crippen molar-refractivity contribution in [2.75, 3.05) is 26.3 Å². The number of carbonyl (C=O) groups excluding carboxylic acids is 1. The van der Waals surface area contributed by atoms with Gasteiger partial charge in [0.2, 0.25) is 0 Å². The predicted octanol–water partition coefficient (Wildman–Crippen LogP) is 3.29. The van der Waals surface area contributed by atoms with Crippen LogP contribution in [0.1, 0.15) is 16.7 Å². The van der Waals surface area contributed by atoms with E-state index in [4.69, 9.17) is 9.84 Å². The van der Waals surface area contributed by atoms with E-state index < -0.39 is 11.6 Å². The number of hydrogen-bond acceptors (Lipinski definition) is 4. The second-order valence-corrected chi connectivity index (χ2v) is 6.56. The van der Waals surface area contributed by atoms with Crippen LogP contribution in [0, 0.1) is 0 Å². The minimum atomic E-state index is -0.569. The quantitative estimate of drug-likeness (QED) is 0.387. The van der Waals surface area contributed by atoms with E-state index in [0.29, 0.717) is 13.1 Å². The van der Waals surface area contributed by atoms with Gasteiger partial charge in [-0.2, -0.15) is 0 Å². The summed E-state index contributed by atoms with van der Waals surface area (Å²) in [5, 5.41) is 15.1. The fourth-order valence-electron chi connectivity index (χ4n) is 3.47. The van der Waals surface area contributed by atoms with E-state index in [1.54, 1.807) is 0 Å². The molecule has 0 aliphatic heterocycles. The van der Waals surface area contributed by atoms with Crippen LogP contribution < -0.4 is 10.6 Å². The first kappa shape index (κ1) is 20.6. The lowest BCUT2D eigenvalue weighted by atomic mass is 9.77. The summed E-state index contributed by atoms with van der Waals surface area (Å²) in [5.74, 6) is 0. The van der Waals surface area contributed by atoms with Gasteiger partial charge in [-0.05, 0) is 16.7 Å². The van der Waals surface area contributed by atoms with E-state index in [2.05, 4.69) is 47.0 Å². The van der Waals surface area contributed by atoms with Crippen molar-refractivity contribution in [3.63, 3.8) is 0 Å². The number of carbonyl (C=O) groups is 1. The van der Waals surface area contributed by atoms with Crippen molar-refractivity contribution >= 4 is 6.09 Å². The number of aliphatic hydroxyl groups is 1. The molecule has 0 saturated heterocycles. The van der Waals surface area contributed by atoms with Crippen molar-refractivity contribution in [1.82, 2.24) is 10.6 Å². The fourth-order valence-corrected chi connectivity index (χ4v) is 3.47. The van der Waals surface area contributed by atoms with E-state index in [1.807, 2.05) is 54.6 Å². The molecule has 5 nitrogen and oxygen atoms in total. The summed E-state index contributed by atoms with van der Waals surface area (Å²) in [4.78, 5) is 11.7. The molecule has 29 heavy (non-hydrogen) atoms. The molecule has 150 valence electrons. The Hall–Kier alpha value is -3.15. The number of rotatable bonds is 9. The molecule has 0 fully saturated rings. The first-order chi connectivity index (χ1) is 14.3. The van der Waals surface area contributed by atoms with Gasteiger partial charge in [-0.3, -0.25) is 5.32 Å². The van der Waals surface area contributed by atoms with Crippen molar-refractivity contribution in [1.29, 1.82) is 0 Å². The molecule has 0 spiro atoms. The maximum atomic E-state index is 11.7. The first-order valence-corrected chi connectivity index (χ1v) is 9.70. The summed E-state index contributed by atoms with van der Waals surface area (Å²) in [6, 6.07) is 30.8. The van der Waals surface area contributed by atoms with Crippen molar-refractivity contribution in [3.05, 3.63) is 108 Å². The van der Waals surface area contributed by atoms with Gasteiger partial charge in [-0.1, -0.05) is 91.0 Å². The Morgan fingerprint density at radius 2 is 1.21 bits per heavy atom. The molecule has 0 aliphatic carbocycles. The normalized spacial score (nSPS) is 11.1. The smallest absolute Gasteiger partial charge is 0.407 e. The average molecular weight is 390 g/mol. The zero-order valence-electron chi connectivity index (χ0n) is 16.3. The highest BCUT2D eigenvalue weighted by atomic mass is 16.6. The lowest BCUT2D eigenvalue weighted by molar-refractivity contribution is 0.119. The highest BCUT2D eigenvalue weighted by molar-refractivity contribution is 5.67. The molecule has 0 unspecified atom stereocenters. The van der Waals surface area contributed by atoms with Crippen LogP contribution in [0.15, 0.2) is 91.0 Å². The van der Waals surface area contributed by atoms with Crippen LogP contribution >= 0.6 is 0 Å². The standard InChI is InChI=1S/C24H26N2O3/c27-18-19-29-23(28)25-16-17-26-24(20-10-4-1-5-11-20,21-12-6-2-7-13-21)22-14-8-3-9-15-22/h1-15,26-27H,16-19H2,(H,25,28). The predicted molar refractivity (Wildman–Crippen MR) is 114 cm³/mol. The Morgan fingerprint density at radius 1 is 0.759 bits per heavy atom. The van der Waals surface area contributed by atoms with E-state index in [1.165, 1.54) is 0 Å². The number of hydrogen-bond donors (Lipinski definition) is 3.